The lowest BCUT2D eigenvalue weighted by molar-refractivity contribution is 0.241. The van der Waals surface area contributed by atoms with E-state index in [0.29, 0.717) is 47.0 Å². The summed E-state index contributed by atoms with van der Waals surface area (Å²) in [6.45, 7) is 0. The molecule has 0 amide bonds. The predicted molar refractivity (Wildman–Crippen MR) is 239 cm³/mol. The topological polar surface area (TPSA) is 8.17 Å². The van der Waals surface area contributed by atoms with Crippen LogP contribution in [-0.2, 0) is 12.8 Å². The molecule has 1 saturated heterocycles. The Morgan fingerprint density at radius 3 is 2.61 bits per heavy atom. The van der Waals surface area contributed by atoms with Crippen LogP contribution < -0.4 is 0 Å². The number of thioether (sulfide) groups is 1. The van der Waals surface area contributed by atoms with Gasteiger partial charge in [-0.25, -0.2) is 0 Å². The highest BCUT2D eigenvalue weighted by Crippen LogP contribution is 2.55. The average molecular weight is 765 g/mol. The van der Waals surface area contributed by atoms with Crippen molar-refractivity contribution in [1.82, 2.24) is 9.47 Å². The highest BCUT2D eigenvalue weighted by molar-refractivity contribution is 8.00. The second-order valence-corrected chi connectivity index (χ2v) is 19.6. The molecule has 2 aromatic rings. The molecule has 0 bridgehead atoms. The molecule has 3 heterocycles. The van der Waals surface area contributed by atoms with Gasteiger partial charge in [0, 0.05) is 50.9 Å². The first kappa shape index (κ1) is 34.8. The second kappa shape index (κ2) is 14.3. The summed E-state index contributed by atoms with van der Waals surface area (Å²) >= 11 is 2.14. The van der Waals surface area contributed by atoms with E-state index in [-0.39, 0.29) is 0 Å². The molecule has 8 aliphatic carbocycles. The van der Waals surface area contributed by atoms with Gasteiger partial charge in [-0.15, -0.1) is 11.8 Å². The van der Waals surface area contributed by atoms with Gasteiger partial charge < -0.3 is 9.47 Å². The van der Waals surface area contributed by atoms with Crippen LogP contribution in [0.4, 0.5) is 0 Å². The van der Waals surface area contributed by atoms with Gasteiger partial charge in [-0.05, 0) is 141 Å². The molecule has 0 spiro atoms. The average Bonchev–Trinajstić information content (AvgIpc) is 3.94. The van der Waals surface area contributed by atoms with Crippen LogP contribution in [-0.4, -0.2) is 26.8 Å². The van der Waals surface area contributed by atoms with E-state index in [2.05, 4.69) is 143 Å². The third kappa shape index (κ3) is 5.80. The highest BCUT2D eigenvalue weighted by atomic mass is 32.2. The molecule has 0 radical (unpaired) electrons. The number of fused-ring (bicyclic) bond motifs is 9. The quantitative estimate of drug-likeness (QED) is 0.280. The normalized spacial score (nSPS) is 33.2. The minimum atomic E-state index is 0.395. The Labute approximate surface area is 344 Å². The minimum absolute atomic E-state index is 0.395. The van der Waals surface area contributed by atoms with Gasteiger partial charge in [-0.2, -0.15) is 0 Å². The molecule has 0 saturated carbocycles. The fourth-order valence-corrected chi connectivity index (χ4v) is 14.2. The molecule has 57 heavy (non-hydrogen) atoms. The SMILES string of the molecule is C1=CC(C2=CC(C3C=CCCC3)=CC(N3C4=CCC(C5=Cc6c7c(n(C8CC=CC9c%10ccccc%10SC98)c6CC5)C=CCC7)C=C4C4CCC=CC43)C2)=CCC1. The lowest BCUT2D eigenvalue weighted by Gasteiger charge is -2.39. The van der Waals surface area contributed by atoms with Crippen molar-refractivity contribution in [2.45, 2.75) is 124 Å². The smallest absolute Gasteiger partial charge is 0.0548 e. The van der Waals surface area contributed by atoms with Gasteiger partial charge in [0.05, 0.1) is 18.1 Å². The molecule has 288 valence electrons. The van der Waals surface area contributed by atoms with Gasteiger partial charge >= 0.3 is 0 Å². The van der Waals surface area contributed by atoms with Gasteiger partial charge in [0.15, 0.2) is 0 Å². The summed E-state index contributed by atoms with van der Waals surface area (Å²) in [7, 11) is 0. The fourth-order valence-electron chi connectivity index (χ4n) is 12.7. The molecule has 2 nitrogen and oxygen atoms in total. The number of aromatic nitrogens is 1. The molecular weight excluding hydrogens is 709 g/mol. The maximum Gasteiger partial charge on any atom is 0.0548 e. The molecule has 1 aromatic heterocycles. The number of nitrogens with zero attached hydrogens (tertiary/aromatic N) is 2. The summed E-state index contributed by atoms with van der Waals surface area (Å²) in [6.07, 6.45) is 57.5. The first-order valence-electron chi connectivity index (χ1n) is 22.7. The monoisotopic (exact) mass is 764 g/mol. The van der Waals surface area contributed by atoms with Crippen LogP contribution in [0.15, 0.2) is 148 Å². The zero-order chi connectivity index (χ0) is 37.5. The zero-order valence-electron chi connectivity index (χ0n) is 33.4. The summed E-state index contributed by atoms with van der Waals surface area (Å²) in [5.41, 5.74) is 17.4. The predicted octanol–water partition coefficient (Wildman–Crippen LogP) is 13.3. The van der Waals surface area contributed by atoms with Gasteiger partial charge in [-0.3, -0.25) is 0 Å². The van der Waals surface area contributed by atoms with Crippen molar-refractivity contribution in [2.24, 2.45) is 17.8 Å². The fraction of sp³-hybridized carbons (Fsp3) is 0.407. The standard InChI is InChI=1S/C54H56N2S/c1-3-14-35(15-4-1)39-30-40(36-16-5-2-6-17-36)32-41(31-39)55-48-22-10-7-18-42(48)46-33-37(26-28-50(46)55)38-27-29-51-47(34-38)43-19-8-11-23-49(43)56(51)52-24-13-21-45-44-20-9-12-25-53(44)57-54(45)52/h3,5,9-16,20-23,25,28,30,32-34,36-37,41-42,45,48,52,54H,1-2,4,6-8,17-19,24,26-27,29,31H2. The Bertz CT molecular complexity index is 2360. The lowest BCUT2D eigenvalue weighted by atomic mass is 9.78. The van der Waals surface area contributed by atoms with Crippen LogP contribution in [0, 0.1) is 17.8 Å². The third-order valence-electron chi connectivity index (χ3n) is 15.3. The molecule has 2 aliphatic heterocycles. The molecule has 3 heteroatoms. The van der Waals surface area contributed by atoms with E-state index in [4.69, 9.17) is 0 Å². The highest BCUT2D eigenvalue weighted by Gasteiger charge is 2.46. The molecule has 0 N–H and O–H groups in total. The molecule has 8 unspecified atom stereocenters. The van der Waals surface area contributed by atoms with E-state index in [1.807, 2.05) is 0 Å². The summed E-state index contributed by atoms with van der Waals surface area (Å²) in [4.78, 5) is 4.39. The number of likely N-dealkylation sites (tertiary alicyclic amines) is 1. The number of hydrogen-bond donors (Lipinski definition) is 0. The van der Waals surface area contributed by atoms with E-state index in [0.717, 1.165) is 25.7 Å². The van der Waals surface area contributed by atoms with Crippen LogP contribution in [0.1, 0.15) is 117 Å². The Morgan fingerprint density at radius 2 is 1.68 bits per heavy atom. The summed E-state index contributed by atoms with van der Waals surface area (Å²) in [5.74, 6) is 2.16. The van der Waals surface area contributed by atoms with E-state index < -0.39 is 0 Å². The van der Waals surface area contributed by atoms with E-state index in [1.165, 1.54) is 85.9 Å². The largest absolute Gasteiger partial charge is 0.358 e. The van der Waals surface area contributed by atoms with Crippen molar-refractivity contribution in [1.29, 1.82) is 0 Å². The van der Waals surface area contributed by atoms with Crippen molar-refractivity contribution in [2.75, 3.05) is 0 Å². The first-order chi connectivity index (χ1) is 28.3. The van der Waals surface area contributed by atoms with Crippen molar-refractivity contribution in [3.8, 4) is 0 Å². The Morgan fingerprint density at radius 1 is 0.737 bits per heavy atom. The number of benzene rings is 1. The molecule has 1 aromatic carbocycles. The summed E-state index contributed by atoms with van der Waals surface area (Å²) in [5, 5.41) is 0.569. The number of rotatable bonds is 5. The summed E-state index contributed by atoms with van der Waals surface area (Å²) in [6, 6.07) is 10.5. The third-order valence-corrected chi connectivity index (χ3v) is 16.8. The van der Waals surface area contributed by atoms with Gasteiger partial charge in [-0.1, -0.05) is 115 Å². The Balaban J connectivity index is 0.877. The summed E-state index contributed by atoms with van der Waals surface area (Å²) < 4.78 is 2.86. The maximum atomic E-state index is 2.90. The molecule has 1 fully saturated rings. The first-order valence-corrected chi connectivity index (χ1v) is 23.5. The minimum Gasteiger partial charge on any atom is -0.358 e. The van der Waals surface area contributed by atoms with Gasteiger partial charge in [0.25, 0.3) is 0 Å². The van der Waals surface area contributed by atoms with Crippen molar-refractivity contribution in [3.63, 3.8) is 0 Å². The van der Waals surface area contributed by atoms with Gasteiger partial charge in [0.1, 0.15) is 0 Å². The van der Waals surface area contributed by atoms with E-state index in [9.17, 15) is 0 Å². The number of hydrogen-bond acceptors (Lipinski definition) is 2. The van der Waals surface area contributed by atoms with Crippen LogP contribution in [0.5, 0.6) is 0 Å². The molecular formula is C54H56N2S. The maximum absolute atomic E-state index is 2.90. The van der Waals surface area contributed by atoms with Crippen molar-refractivity contribution < 1.29 is 0 Å². The number of allylic oxidation sites excluding steroid dienone is 16. The van der Waals surface area contributed by atoms with Crippen molar-refractivity contribution >= 4 is 23.9 Å². The lowest BCUT2D eigenvalue weighted by Crippen LogP contribution is -2.40. The molecule has 10 aliphatic rings. The molecule has 12 rings (SSSR count). The second-order valence-electron chi connectivity index (χ2n) is 18.4. The zero-order valence-corrected chi connectivity index (χ0v) is 34.2. The van der Waals surface area contributed by atoms with Crippen LogP contribution in [0.25, 0.3) is 12.2 Å². The van der Waals surface area contributed by atoms with Crippen LogP contribution in [0.2, 0.25) is 0 Å². The van der Waals surface area contributed by atoms with Crippen LogP contribution >= 0.6 is 11.8 Å². The molecule has 8 atom stereocenters. The Hall–Kier alpha value is -4.21. The van der Waals surface area contributed by atoms with Crippen LogP contribution in [0.3, 0.4) is 0 Å². The van der Waals surface area contributed by atoms with E-state index >= 15 is 0 Å². The Kier molecular flexibility index (Phi) is 8.71. The van der Waals surface area contributed by atoms with Crippen molar-refractivity contribution in [3.05, 3.63) is 171 Å². The van der Waals surface area contributed by atoms with Gasteiger partial charge in [0.2, 0.25) is 0 Å². The van der Waals surface area contributed by atoms with E-state index in [1.54, 1.807) is 44.8 Å².